The lowest BCUT2D eigenvalue weighted by Gasteiger charge is -2.34. The molecule has 2 heterocycles. The van der Waals surface area contributed by atoms with Gasteiger partial charge in [0.05, 0.1) is 23.9 Å². The first-order chi connectivity index (χ1) is 11.6. The van der Waals surface area contributed by atoms with Crippen molar-refractivity contribution in [2.45, 2.75) is 88.9 Å². The number of morpholine rings is 1. The average Bonchev–Trinajstić information content (AvgIpc) is 3.15. The predicted octanol–water partition coefficient (Wildman–Crippen LogP) is 3.09. The van der Waals surface area contributed by atoms with Crippen molar-refractivity contribution in [3.8, 4) is 0 Å². The number of aromatic nitrogens is 2. The monoisotopic (exact) mass is 369 g/mol. The molecule has 25 heavy (non-hydrogen) atoms. The van der Waals surface area contributed by atoms with E-state index in [4.69, 9.17) is 9.84 Å². The highest BCUT2D eigenvalue weighted by Gasteiger charge is 2.38. The Bertz CT molecular complexity index is 704. The molecule has 1 aromatic heterocycles. The fourth-order valence-electron chi connectivity index (χ4n) is 3.91. The molecular formula is C18H31N3O3S. The summed E-state index contributed by atoms with van der Waals surface area (Å²) in [4.78, 5) is 0.369. The molecule has 3 rings (SSSR count). The molecular weight excluding hydrogens is 338 g/mol. The Morgan fingerprint density at radius 3 is 2.20 bits per heavy atom. The second-order valence-electron chi connectivity index (χ2n) is 8.59. The van der Waals surface area contributed by atoms with E-state index in [0.717, 1.165) is 12.8 Å². The van der Waals surface area contributed by atoms with Crippen LogP contribution in [-0.2, 0) is 20.2 Å². The van der Waals surface area contributed by atoms with Crippen molar-refractivity contribution in [2.24, 2.45) is 0 Å². The van der Waals surface area contributed by atoms with Gasteiger partial charge in [-0.15, -0.1) is 0 Å². The number of hydrogen-bond acceptors (Lipinski definition) is 4. The molecule has 0 N–H and O–H groups in total. The van der Waals surface area contributed by atoms with Crippen LogP contribution in [0.5, 0.6) is 0 Å². The molecule has 1 aliphatic carbocycles. The lowest BCUT2D eigenvalue weighted by Crippen LogP contribution is -2.48. The third-order valence-corrected chi connectivity index (χ3v) is 6.94. The van der Waals surface area contributed by atoms with Crippen molar-refractivity contribution in [3.63, 3.8) is 0 Å². The molecule has 0 radical (unpaired) electrons. The lowest BCUT2D eigenvalue weighted by atomic mass is 9.92. The third-order valence-electron chi connectivity index (χ3n) is 5.11. The van der Waals surface area contributed by atoms with Crippen molar-refractivity contribution in [2.75, 3.05) is 13.1 Å². The van der Waals surface area contributed by atoms with Crippen molar-refractivity contribution < 1.29 is 13.2 Å². The van der Waals surface area contributed by atoms with Gasteiger partial charge in [0.25, 0.3) is 0 Å². The molecule has 1 saturated heterocycles. The van der Waals surface area contributed by atoms with Crippen LogP contribution in [0.2, 0.25) is 0 Å². The number of hydrogen-bond donors (Lipinski definition) is 0. The van der Waals surface area contributed by atoms with Crippen LogP contribution in [0.15, 0.2) is 11.1 Å². The molecule has 2 unspecified atom stereocenters. The first-order valence-electron chi connectivity index (χ1n) is 9.34. The second-order valence-corrected chi connectivity index (χ2v) is 10.5. The molecule has 1 saturated carbocycles. The van der Waals surface area contributed by atoms with E-state index in [1.165, 1.54) is 12.8 Å². The lowest BCUT2D eigenvalue weighted by molar-refractivity contribution is -0.0441. The molecule has 2 fully saturated rings. The summed E-state index contributed by atoms with van der Waals surface area (Å²) in [6.45, 7) is 10.7. The molecule has 1 aromatic rings. The van der Waals surface area contributed by atoms with Crippen LogP contribution in [-0.4, -0.2) is 47.8 Å². The van der Waals surface area contributed by atoms with Gasteiger partial charge in [-0.2, -0.15) is 9.40 Å². The van der Waals surface area contributed by atoms with Crippen LogP contribution in [0, 0.1) is 0 Å². The molecule has 2 aliphatic rings. The first kappa shape index (κ1) is 18.9. The van der Waals surface area contributed by atoms with Gasteiger partial charge in [-0.25, -0.2) is 8.42 Å². The second kappa shape index (κ2) is 6.67. The van der Waals surface area contributed by atoms with E-state index >= 15 is 0 Å². The SMILES string of the molecule is CC1CN(S(=O)(=O)c2cn(C3CCCC3)nc2C(C)(C)C)CC(C)O1. The first-order valence-corrected chi connectivity index (χ1v) is 10.8. The summed E-state index contributed by atoms with van der Waals surface area (Å²) in [6.07, 6.45) is 6.12. The Hall–Kier alpha value is -0.920. The summed E-state index contributed by atoms with van der Waals surface area (Å²) < 4.78 is 36.0. The van der Waals surface area contributed by atoms with E-state index in [0.29, 0.717) is 29.7 Å². The molecule has 0 spiro atoms. The molecule has 0 amide bonds. The fourth-order valence-corrected chi connectivity index (χ4v) is 5.83. The molecule has 7 heteroatoms. The molecule has 0 aromatic carbocycles. The van der Waals surface area contributed by atoms with Gasteiger partial charge in [0.15, 0.2) is 0 Å². The van der Waals surface area contributed by atoms with Crippen LogP contribution in [0.4, 0.5) is 0 Å². The van der Waals surface area contributed by atoms with E-state index in [2.05, 4.69) is 0 Å². The van der Waals surface area contributed by atoms with E-state index < -0.39 is 10.0 Å². The van der Waals surface area contributed by atoms with Crippen LogP contribution >= 0.6 is 0 Å². The van der Waals surface area contributed by atoms with E-state index in [-0.39, 0.29) is 17.6 Å². The summed E-state index contributed by atoms with van der Waals surface area (Å²) in [5.41, 5.74) is 0.349. The maximum Gasteiger partial charge on any atom is 0.246 e. The van der Waals surface area contributed by atoms with Crippen LogP contribution in [0.1, 0.15) is 72.0 Å². The molecule has 142 valence electrons. The number of nitrogens with zero attached hydrogens (tertiary/aromatic N) is 3. The van der Waals surface area contributed by atoms with Gasteiger partial charge >= 0.3 is 0 Å². The average molecular weight is 370 g/mol. The molecule has 2 atom stereocenters. The highest BCUT2D eigenvalue weighted by Crippen LogP contribution is 2.35. The van der Waals surface area contributed by atoms with Crippen LogP contribution in [0.25, 0.3) is 0 Å². The highest BCUT2D eigenvalue weighted by molar-refractivity contribution is 7.89. The van der Waals surface area contributed by atoms with Gasteiger partial charge < -0.3 is 4.74 Å². The Balaban J connectivity index is 2.01. The number of sulfonamides is 1. The highest BCUT2D eigenvalue weighted by atomic mass is 32.2. The normalized spacial score (nSPS) is 27.1. The van der Waals surface area contributed by atoms with Crippen LogP contribution in [0.3, 0.4) is 0 Å². The van der Waals surface area contributed by atoms with Gasteiger partial charge in [0.2, 0.25) is 10.0 Å². The van der Waals surface area contributed by atoms with Crippen molar-refractivity contribution in [1.82, 2.24) is 14.1 Å². The van der Waals surface area contributed by atoms with E-state index in [1.807, 2.05) is 39.3 Å². The van der Waals surface area contributed by atoms with Crippen molar-refractivity contribution >= 4 is 10.0 Å². The Morgan fingerprint density at radius 1 is 1.12 bits per heavy atom. The Kier molecular flexibility index (Phi) is 5.03. The standard InChI is InChI=1S/C18H31N3O3S/c1-13-10-20(11-14(2)24-13)25(22,23)16-12-21(15-8-6-7-9-15)19-17(16)18(3,4)5/h12-15H,6-11H2,1-5H3. The maximum atomic E-state index is 13.4. The summed E-state index contributed by atoms with van der Waals surface area (Å²) in [5.74, 6) is 0. The summed E-state index contributed by atoms with van der Waals surface area (Å²) in [7, 11) is -3.58. The van der Waals surface area contributed by atoms with Gasteiger partial charge in [0, 0.05) is 24.7 Å². The van der Waals surface area contributed by atoms with Crippen molar-refractivity contribution in [1.29, 1.82) is 0 Å². The fraction of sp³-hybridized carbons (Fsp3) is 0.833. The molecule has 1 aliphatic heterocycles. The quantitative estimate of drug-likeness (QED) is 0.821. The van der Waals surface area contributed by atoms with Crippen molar-refractivity contribution in [3.05, 3.63) is 11.9 Å². The summed E-state index contributed by atoms with van der Waals surface area (Å²) in [5, 5.41) is 4.74. The maximum absolute atomic E-state index is 13.4. The number of rotatable bonds is 3. The minimum Gasteiger partial charge on any atom is -0.373 e. The Labute approximate surface area is 151 Å². The van der Waals surface area contributed by atoms with Gasteiger partial charge in [-0.05, 0) is 26.7 Å². The molecule has 6 nitrogen and oxygen atoms in total. The van der Waals surface area contributed by atoms with Gasteiger partial charge in [-0.3, -0.25) is 4.68 Å². The zero-order valence-electron chi connectivity index (χ0n) is 16.0. The van der Waals surface area contributed by atoms with E-state index in [1.54, 1.807) is 10.5 Å². The zero-order valence-corrected chi connectivity index (χ0v) is 16.8. The van der Waals surface area contributed by atoms with E-state index in [9.17, 15) is 8.42 Å². The van der Waals surface area contributed by atoms with Gasteiger partial charge in [0.1, 0.15) is 4.90 Å². The summed E-state index contributed by atoms with van der Waals surface area (Å²) in [6, 6.07) is 0.326. The van der Waals surface area contributed by atoms with Gasteiger partial charge in [-0.1, -0.05) is 33.6 Å². The third kappa shape index (κ3) is 3.78. The minimum absolute atomic E-state index is 0.0958. The number of ether oxygens (including phenoxy) is 1. The topological polar surface area (TPSA) is 64.4 Å². The minimum atomic E-state index is -3.58. The zero-order chi connectivity index (χ0) is 18.4. The van der Waals surface area contributed by atoms with Crippen LogP contribution < -0.4 is 0 Å². The predicted molar refractivity (Wildman–Crippen MR) is 97.2 cm³/mol. The Morgan fingerprint density at radius 2 is 1.68 bits per heavy atom. The smallest absolute Gasteiger partial charge is 0.246 e. The largest absolute Gasteiger partial charge is 0.373 e. The summed E-state index contributed by atoms with van der Waals surface area (Å²) >= 11 is 0. The molecule has 0 bridgehead atoms.